The van der Waals surface area contributed by atoms with Crippen LogP contribution in [-0.4, -0.2) is 63.2 Å². The Labute approximate surface area is 217 Å². The lowest BCUT2D eigenvalue weighted by Crippen LogP contribution is -2.52. The number of benzene rings is 2. The molecule has 2 atom stereocenters. The number of fused-ring (bicyclic) bond motifs is 1. The van der Waals surface area contributed by atoms with Crippen LogP contribution in [0.3, 0.4) is 0 Å². The minimum atomic E-state index is -3.85. The summed E-state index contributed by atoms with van der Waals surface area (Å²) in [6.45, 7) is 5.80. The third kappa shape index (κ3) is 7.04. The Morgan fingerprint density at radius 3 is 2.31 bits per heavy atom. The molecule has 2 amide bonds. The van der Waals surface area contributed by atoms with Crippen molar-refractivity contribution in [3.8, 4) is 11.5 Å². The maximum Gasteiger partial charge on any atom is 0.244 e. The molecule has 196 valence electrons. The molecule has 0 saturated carbocycles. The fraction of sp³-hybridized carbons (Fsp3) is 0.440. The lowest BCUT2D eigenvalue weighted by atomic mass is 10.1. The highest BCUT2D eigenvalue weighted by atomic mass is 35.5. The number of rotatable bonds is 10. The number of anilines is 1. The number of nitrogens with zero attached hydrogens (tertiary/aromatic N) is 2. The first kappa shape index (κ1) is 27.6. The van der Waals surface area contributed by atoms with Crippen molar-refractivity contribution < 1.29 is 27.5 Å². The maximum absolute atomic E-state index is 13.6. The fourth-order valence-electron chi connectivity index (χ4n) is 3.64. The van der Waals surface area contributed by atoms with Crippen molar-refractivity contribution in [3.05, 3.63) is 53.1 Å². The number of carbonyl (C=O) groups is 2. The van der Waals surface area contributed by atoms with Gasteiger partial charge in [-0.3, -0.25) is 13.9 Å². The van der Waals surface area contributed by atoms with Crippen LogP contribution in [0.4, 0.5) is 5.69 Å². The van der Waals surface area contributed by atoms with Crippen LogP contribution in [0, 0.1) is 0 Å². The molecule has 0 radical (unpaired) electrons. The molecule has 1 aliphatic heterocycles. The summed E-state index contributed by atoms with van der Waals surface area (Å²) in [7, 11) is -3.85. The number of hydrogen-bond donors (Lipinski definition) is 1. The van der Waals surface area contributed by atoms with Gasteiger partial charge in [0.15, 0.2) is 11.5 Å². The van der Waals surface area contributed by atoms with Crippen molar-refractivity contribution in [2.24, 2.45) is 0 Å². The Hall–Kier alpha value is -2.98. The third-order valence-corrected chi connectivity index (χ3v) is 7.32. The largest absolute Gasteiger partial charge is 0.486 e. The van der Waals surface area contributed by atoms with Gasteiger partial charge in [0.2, 0.25) is 21.8 Å². The topological polar surface area (TPSA) is 105 Å². The number of halogens is 1. The summed E-state index contributed by atoms with van der Waals surface area (Å²) >= 11 is 6.00. The zero-order valence-corrected chi connectivity index (χ0v) is 22.4. The molecule has 36 heavy (non-hydrogen) atoms. The van der Waals surface area contributed by atoms with Crippen molar-refractivity contribution in [3.63, 3.8) is 0 Å². The Morgan fingerprint density at radius 2 is 1.69 bits per heavy atom. The summed E-state index contributed by atoms with van der Waals surface area (Å²) in [5.74, 6) is 0.0533. The van der Waals surface area contributed by atoms with Gasteiger partial charge in [-0.15, -0.1) is 0 Å². The highest BCUT2D eigenvalue weighted by Crippen LogP contribution is 2.34. The average molecular weight is 538 g/mol. The molecular weight excluding hydrogens is 506 g/mol. The first-order valence-electron chi connectivity index (χ1n) is 11.7. The smallest absolute Gasteiger partial charge is 0.244 e. The molecule has 1 N–H and O–H groups in total. The van der Waals surface area contributed by atoms with Gasteiger partial charge in [-0.05, 0) is 50.1 Å². The number of amides is 2. The minimum Gasteiger partial charge on any atom is -0.486 e. The standard InChI is InChI=1S/C25H32ClN3O6S/c1-5-17(2)27-25(31)18(3)28(15-19-6-8-20(26)9-7-19)24(30)16-29(36(4,32)33)21-10-11-22-23(14-21)35-13-12-34-22/h6-11,14,17-18H,5,12-13,15-16H2,1-4H3,(H,27,31). The Kier molecular flexibility index (Phi) is 9.08. The second-order valence-electron chi connectivity index (χ2n) is 8.74. The van der Waals surface area contributed by atoms with E-state index in [9.17, 15) is 18.0 Å². The molecule has 1 aliphatic rings. The highest BCUT2D eigenvalue weighted by molar-refractivity contribution is 7.92. The van der Waals surface area contributed by atoms with Gasteiger partial charge in [-0.1, -0.05) is 30.7 Å². The molecular formula is C25H32ClN3O6S. The summed E-state index contributed by atoms with van der Waals surface area (Å²) in [6, 6.07) is 10.7. The van der Waals surface area contributed by atoms with Crippen LogP contribution in [0.15, 0.2) is 42.5 Å². The molecule has 2 aromatic rings. The van der Waals surface area contributed by atoms with Crippen molar-refractivity contribution in [1.82, 2.24) is 10.2 Å². The van der Waals surface area contributed by atoms with Crippen LogP contribution in [0.1, 0.15) is 32.8 Å². The lowest BCUT2D eigenvalue weighted by Gasteiger charge is -2.32. The Morgan fingerprint density at radius 1 is 1.06 bits per heavy atom. The molecule has 0 spiro atoms. The van der Waals surface area contributed by atoms with E-state index in [2.05, 4.69) is 5.32 Å². The van der Waals surface area contributed by atoms with Crippen molar-refractivity contribution >= 4 is 39.1 Å². The lowest BCUT2D eigenvalue weighted by molar-refractivity contribution is -0.139. The molecule has 0 aliphatic carbocycles. The number of sulfonamides is 1. The van der Waals surface area contributed by atoms with Crippen LogP contribution in [0.5, 0.6) is 11.5 Å². The van der Waals surface area contributed by atoms with E-state index in [1.165, 1.54) is 11.0 Å². The van der Waals surface area contributed by atoms with Gasteiger partial charge in [-0.2, -0.15) is 0 Å². The quantitative estimate of drug-likeness (QED) is 0.499. The van der Waals surface area contributed by atoms with Crippen LogP contribution in [0.2, 0.25) is 5.02 Å². The Balaban J connectivity index is 1.91. The SMILES string of the molecule is CCC(C)NC(=O)C(C)N(Cc1ccc(Cl)cc1)C(=O)CN(c1ccc2c(c1)OCCO2)S(C)(=O)=O. The van der Waals surface area contributed by atoms with E-state index in [1.54, 1.807) is 43.3 Å². The van der Waals surface area contributed by atoms with Gasteiger partial charge < -0.3 is 19.7 Å². The van der Waals surface area contributed by atoms with Gasteiger partial charge in [0, 0.05) is 23.7 Å². The predicted molar refractivity (Wildman–Crippen MR) is 139 cm³/mol. The van der Waals surface area contributed by atoms with Gasteiger partial charge in [0.1, 0.15) is 25.8 Å². The molecule has 0 aromatic heterocycles. The molecule has 0 bridgehead atoms. The van der Waals surface area contributed by atoms with E-state index >= 15 is 0 Å². The van der Waals surface area contributed by atoms with E-state index in [0.717, 1.165) is 22.5 Å². The maximum atomic E-state index is 13.6. The summed E-state index contributed by atoms with van der Waals surface area (Å²) in [6.07, 6.45) is 1.76. The highest BCUT2D eigenvalue weighted by Gasteiger charge is 2.31. The van der Waals surface area contributed by atoms with Gasteiger partial charge >= 0.3 is 0 Å². The molecule has 3 rings (SSSR count). The van der Waals surface area contributed by atoms with E-state index < -0.39 is 28.5 Å². The zero-order valence-electron chi connectivity index (χ0n) is 20.9. The van der Waals surface area contributed by atoms with Crippen LogP contribution >= 0.6 is 11.6 Å². The molecule has 2 aromatic carbocycles. The number of nitrogens with one attached hydrogen (secondary N) is 1. The molecule has 0 saturated heterocycles. The van der Waals surface area contributed by atoms with E-state index in [4.69, 9.17) is 21.1 Å². The summed E-state index contributed by atoms with van der Waals surface area (Å²) < 4.78 is 37.6. The zero-order chi connectivity index (χ0) is 26.5. The summed E-state index contributed by atoms with van der Waals surface area (Å²) in [5.41, 5.74) is 1.01. The first-order valence-corrected chi connectivity index (χ1v) is 13.9. The van der Waals surface area contributed by atoms with Crippen molar-refractivity contribution in [1.29, 1.82) is 0 Å². The van der Waals surface area contributed by atoms with Crippen molar-refractivity contribution in [2.75, 3.05) is 30.3 Å². The van der Waals surface area contributed by atoms with E-state index in [-0.39, 0.29) is 24.2 Å². The fourth-order valence-corrected chi connectivity index (χ4v) is 4.60. The number of hydrogen-bond acceptors (Lipinski definition) is 6. The normalized spacial score (nSPS) is 14.5. The second kappa shape index (κ2) is 11.8. The molecule has 1 heterocycles. The second-order valence-corrected chi connectivity index (χ2v) is 11.1. The van der Waals surface area contributed by atoms with Gasteiger partial charge in [-0.25, -0.2) is 8.42 Å². The Bertz CT molecular complexity index is 1190. The van der Waals surface area contributed by atoms with Crippen LogP contribution < -0.4 is 19.1 Å². The minimum absolute atomic E-state index is 0.0716. The van der Waals surface area contributed by atoms with Crippen LogP contribution in [-0.2, 0) is 26.2 Å². The van der Waals surface area contributed by atoms with E-state index in [0.29, 0.717) is 29.7 Å². The molecule has 2 unspecified atom stereocenters. The average Bonchev–Trinajstić information content (AvgIpc) is 2.85. The number of carbonyl (C=O) groups excluding carboxylic acids is 2. The summed E-state index contributed by atoms with van der Waals surface area (Å²) in [5, 5.41) is 3.44. The van der Waals surface area contributed by atoms with Crippen LogP contribution in [0.25, 0.3) is 0 Å². The van der Waals surface area contributed by atoms with Gasteiger partial charge in [0.05, 0.1) is 11.9 Å². The molecule has 0 fully saturated rings. The van der Waals surface area contributed by atoms with Gasteiger partial charge in [0.25, 0.3) is 0 Å². The number of ether oxygens (including phenoxy) is 2. The first-order chi connectivity index (χ1) is 17.0. The monoisotopic (exact) mass is 537 g/mol. The molecule has 9 nitrogen and oxygen atoms in total. The van der Waals surface area contributed by atoms with E-state index in [1.807, 2.05) is 13.8 Å². The molecule has 11 heteroatoms. The summed E-state index contributed by atoms with van der Waals surface area (Å²) in [4.78, 5) is 27.9. The van der Waals surface area contributed by atoms with Crippen molar-refractivity contribution in [2.45, 2.75) is 45.8 Å². The predicted octanol–water partition coefficient (Wildman–Crippen LogP) is 3.21. The third-order valence-electron chi connectivity index (χ3n) is 5.93.